The van der Waals surface area contributed by atoms with Crippen LogP contribution in [-0.2, 0) is 32.6 Å². The lowest BCUT2D eigenvalue weighted by Gasteiger charge is -2.35. The molecule has 0 saturated heterocycles. The van der Waals surface area contributed by atoms with E-state index in [0.29, 0.717) is 5.56 Å². The van der Waals surface area contributed by atoms with Crippen molar-refractivity contribution in [3.05, 3.63) is 125 Å². The topological polar surface area (TPSA) is 96.0 Å². The highest BCUT2D eigenvalue weighted by molar-refractivity contribution is 7.92. The maximum Gasteiger partial charge on any atom is 0.264 e. The van der Waals surface area contributed by atoms with Gasteiger partial charge in [0.1, 0.15) is 24.2 Å². The summed E-state index contributed by atoms with van der Waals surface area (Å²) >= 11 is 6.35. The Morgan fingerprint density at radius 1 is 0.896 bits per heavy atom. The Kier molecular flexibility index (Phi) is 11.7. The first kappa shape index (κ1) is 34.9. The molecule has 0 heterocycles. The fourth-order valence-corrected chi connectivity index (χ4v) is 7.58. The fraction of sp³-hybridized carbons (Fsp3) is 0.297. The van der Waals surface area contributed by atoms with Gasteiger partial charge in [-0.1, -0.05) is 91.5 Å². The maximum atomic E-state index is 14.7. The zero-order chi connectivity index (χ0) is 34.1. The maximum absolute atomic E-state index is 14.7. The van der Waals surface area contributed by atoms with Gasteiger partial charge >= 0.3 is 0 Å². The van der Waals surface area contributed by atoms with E-state index in [0.717, 1.165) is 42.0 Å². The van der Waals surface area contributed by atoms with E-state index in [4.69, 9.17) is 16.3 Å². The summed E-state index contributed by atoms with van der Waals surface area (Å²) in [7, 11) is -2.94. The molecule has 0 spiro atoms. The average molecular weight is 692 g/mol. The number of ether oxygens (including phenoxy) is 1. The summed E-state index contributed by atoms with van der Waals surface area (Å²) in [5.74, 6) is -1.23. The first-order valence-electron chi connectivity index (χ1n) is 16.0. The van der Waals surface area contributed by atoms with Crippen LogP contribution < -0.4 is 14.4 Å². The number of halogens is 2. The van der Waals surface area contributed by atoms with Crippen LogP contribution >= 0.6 is 11.6 Å². The molecule has 1 aliphatic carbocycles. The second-order valence-electron chi connectivity index (χ2n) is 11.8. The molecule has 252 valence electrons. The molecule has 0 bridgehead atoms. The zero-order valence-electron chi connectivity index (χ0n) is 26.7. The monoisotopic (exact) mass is 691 g/mol. The summed E-state index contributed by atoms with van der Waals surface area (Å²) in [4.78, 5) is 30.2. The minimum Gasteiger partial charge on any atom is -0.495 e. The minimum atomic E-state index is -4.34. The molecule has 1 saturated carbocycles. The van der Waals surface area contributed by atoms with Crippen molar-refractivity contribution in [2.75, 3.05) is 18.0 Å². The Morgan fingerprint density at radius 3 is 2.19 bits per heavy atom. The van der Waals surface area contributed by atoms with Crippen LogP contribution in [0.3, 0.4) is 0 Å². The van der Waals surface area contributed by atoms with E-state index in [2.05, 4.69) is 5.32 Å². The van der Waals surface area contributed by atoms with Crippen LogP contribution in [0.4, 0.5) is 10.1 Å². The van der Waals surface area contributed by atoms with Crippen molar-refractivity contribution in [2.45, 2.75) is 62.0 Å². The van der Waals surface area contributed by atoms with Gasteiger partial charge in [0.2, 0.25) is 11.8 Å². The molecule has 4 aromatic rings. The molecule has 0 radical (unpaired) electrons. The standard InChI is InChI=1S/C37H39ClFN3O5S/c1-47-35-22-19-29(38)24-33(35)42(48(45,46)32-15-9-4-10-16-32)26-36(43)41(25-28-17-20-30(39)21-18-28)34(23-27-11-5-2-6-12-27)37(44)40-31-13-7-3-8-14-31/h2,4-6,9-12,15-22,24,31,34H,3,7-8,13-14,23,25-26H2,1H3,(H,40,44)/t34-/m0/s1. The van der Waals surface area contributed by atoms with Crippen LogP contribution in [0.1, 0.15) is 43.2 Å². The van der Waals surface area contributed by atoms with Gasteiger partial charge in [0, 0.05) is 24.0 Å². The normalized spacial score (nSPS) is 14.1. The first-order chi connectivity index (χ1) is 23.2. The predicted molar refractivity (Wildman–Crippen MR) is 185 cm³/mol. The zero-order valence-corrected chi connectivity index (χ0v) is 28.3. The SMILES string of the molecule is COc1ccc(Cl)cc1N(CC(=O)N(Cc1ccc(F)cc1)[C@@H](Cc1ccccc1)C(=O)NC1CCCCC1)S(=O)(=O)c1ccccc1. The molecule has 5 rings (SSSR count). The number of sulfonamides is 1. The van der Waals surface area contributed by atoms with E-state index in [1.165, 1.54) is 48.4 Å². The Labute approximate surface area is 286 Å². The third kappa shape index (κ3) is 8.73. The van der Waals surface area contributed by atoms with E-state index >= 15 is 0 Å². The average Bonchev–Trinajstić information content (AvgIpc) is 3.10. The second kappa shape index (κ2) is 16.1. The molecule has 2 amide bonds. The Bertz CT molecular complexity index is 1790. The molecule has 8 nitrogen and oxygen atoms in total. The molecule has 1 atom stereocenters. The van der Waals surface area contributed by atoms with E-state index in [-0.39, 0.29) is 46.3 Å². The summed E-state index contributed by atoms with van der Waals surface area (Å²) in [5, 5.41) is 3.41. The van der Waals surface area contributed by atoms with Crippen LogP contribution in [0.15, 0.2) is 108 Å². The Hall–Kier alpha value is -4.41. The largest absolute Gasteiger partial charge is 0.495 e. The van der Waals surface area contributed by atoms with Crippen molar-refractivity contribution in [1.82, 2.24) is 10.2 Å². The number of nitrogens with zero attached hydrogens (tertiary/aromatic N) is 2. The Balaban J connectivity index is 1.59. The summed E-state index contributed by atoms with van der Waals surface area (Å²) < 4.78 is 48.9. The van der Waals surface area contributed by atoms with Crippen molar-refractivity contribution in [1.29, 1.82) is 0 Å². The molecule has 0 aromatic heterocycles. The lowest BCUT2D eigenvalue weighted by atomic mass is 9.94. The highest BCUT2D eigenvalue weighted by Gasteiger charge is 2.36. The minimum absolute atomic E-state index is 0.0297. The number of carbonyl (C=O) groups is 2. The number of carbonyl (C=O) groups excluding carboxylic acids is 2. The summed E-state index contributed by atoms with van der Waals surface area (Å²) in [6.45, 7) is -0.738. The smallest absolute Gasteiger partial charge is 0.264 e. The molecule has 48 heavy (non-hydrogen) atoms. The molecule has 0 aliphatic heterocycles. The second-order valence-corrected chi connectivity index (χ2v) is 14.1. The van der Waals surface area contributed by atoms with Gasteiger partial charge in [-0.2, -0.15) is 0 Å². The molecule has 1 fully saturated rings. The van der Waals surface area contributed by atoms with Gasteiger partial charge in [-0.3, -0.25) is 13.9 Å². The van der Waals surface area contributed by atoms with Gasteiger partial charge in [-0.25, -0.2) is 12.8 Å². The van der Waals surface area contributed by atoms with Crippen LogP contribution in [-0.4, -0.2) is 50.9 Å². The number of benzene rings is 4. The summed E-state index contributed by atoms with van der Waals surface area (Å²) in [6.07, 6.45) is 4.97. The summed E-state index contributed by atoms with van der Waals surface area (Å²) in [5.41, 5.74) is 1.46. The lowest BCUT2D eigenvalue weighted by molar-refractivity contribution is -0.140. The molecule has 0 unspecified atom stereocenters. The summed E-state index contributed by atoms with van der Waals surface area (Å²) in [6, 6.07) is 26.3. The number of methoxy groups -OCH3 is 1. The quantitative estimate of drug-likeness (QED) is 0.167. The molecular weight excluding hydrogens is 653 g/mol. The molecule has 11 heteroatoms. The van der Waals surface area contributed by atoms with Gasteiger partial charge in [-0.05, 0) is 66.4 Å². The third-order valence-corrected chi connectivity index (χ3v) is 10.5. The lowest BCUT2D eigenvalue weighted by Crippen LogP contribution is -2.55. The highest BCUT2D eigenvalue weighted by atomic mass is 35.5. The van der Waals surface area contributed by atoms with Gasteiger partial charge in [0.15, 0.2) is 0 Å². The van der Waals surface area contributed by atoms with Crippen LogP contribution in [0.2, 0.25) is 5.02 Å². The number of amides is 2. The van der Waals surface area contributed by atoms with Crippen molar-refractivity contribution in [2.24, 2.45) is 0 Å². The number of rotatable bonds is 13. The number of anilines is 1. The van der Waals surface area contributed by atoms with Gasteiger partial charge < -0.3 is 15.0 Å². The van der Waals surface area contributed by atoms with Crippen molar-refractivity contribution < 1.29 is 27.1 Å². The predicted octanol–water partition coefficient (Wildman–Crippen LogP) is 6.77. The molecule has 1 N–H and O–H groups in total. The number of hydrogen-bond donors (Lipinski definition) is 1. The van der Waals surface area contributed by atoms with E-state index < -0.39 is 34.3 Å². The van der Waals surface area contributed by atoms with Gasteiger partial charge in [-0.15, -0.1) is 0 Å². The molecule has 1 aliphatic rings. The van der Waals surface area contributed by atoms with E-state index in [1.807, 2.05) is 30.3 Å². The number of nitrogens with one attached hydrogen (secondary N) is 1. The van der Waals surface area contributed by atoms with E-state index in [1.54, 1.807) is 36.4 Å². The molecule has 4 aromatic carbocycles. The highest BCUT2D eigenvalue weighted by Crippen LogP contribution is 2.35. The van der Waals surface area contributed by atoms with Crippen LogP contribution in [0, 0.1) is 5.82 Å². The van der Waals surface area contributed by atoms with Gasteiger partial charge in [0.25, 0.3) is 10.0 Å². The van der Waals surface area contributed by atoms with Crippen molar-refractivity contribution in [3.8, 4) is 5.75 Å². The third-order valence-electron chi connectivity index (χ3n) is 8.51. The fourth-order valence-electron chi connectivity index (χ4n) is 5.98. The van der Waals surface area contributed by atoms with Crippen LogP contribution in [0.5, 0.6) is 5.75 Å². The molecular formula is C37H39ClFN3O5S. The van der Waals surface area contributed by atoms with Gasteiger partial charge in [0.05, 0.1) is 17.7 Å². The first-order valence-corrected chi connectivity index (χ1v) is 17.8. The number of hydrogen-bond acceptors (Lipinski definition) is 5. The van der Waals surface area contributed by atoms with Crippen molar-refractivity contribution in [3.63, 3.8) is 0 Å². The van der Waals surface area contributed by atoms with Crippen molar-refractivity contribution >= 4 is 39.1 Å². The van der Waals surface area contributed by atoms with E-state index in [9.17, 15) is 22.4 Å². The van der Waals surface area contributed by atoms with Crippen LogP contribution in [0.25, 0.3) is 0 Å². The Morgan fingerprint density at radius 2 is 1.54 bits per heavy atom.